The molecule has 1 aliphatic carbocycles. The highest BCUT2D eigenvalue weighted by atomic mass is 16.5. The third-order valence-electron chi connectivity index (χ3n) is 3.60. The molecule has 0 heterocycles. The molecule has 0 saturated carbocycles. The molecule has 2 atom stereocenters. The Labute approximate surface area is 121 Å². The van der Waals surface area contributed by atoms with Crippen LogP contribution in [0.15, 0.2) is 24.3 Å². The largest absolute Gasteiger partial charge is 0.382 e. The first-order valence-electron chi connectivity index (χ1n) is 7.36. The van der Waals surface area contributed by atoms with E-state index in [2.05, 4.69) is 36.5 Å². The van der Waals surface area contributed by atoms with E-state index < -0.39 is 0 Å². The molecule has 0 spiro atoms. The van der Waals surface area contributed by atoms with E-state index in [4.69, 9.17) is 14.2 Å². The van der Waals surface area contributed by atoms with E-state index in [1.807, 2.05) is 0 Å². The number of fused-ring (bicyclic) bond motifs is 1. The summed E-state index contributed by atoms with van der Waals surface area (Å²) in [7, 11) is 1.68. The molecule has 1 aromatic rings. The van der Waals surface area contributed by atoms with Gasteiger partial charge in [-0.25, -0.2) is 0 Å². The summed E-state index contributed by atoms with van der Waals surface area (Å²) in [6.07, 6.45) is 1.18. The molecule has 0 saturated heterocycles. The fourth-order valence-corrected chi connectivity index (χ4v) is 2.68. The molecule has 1 N–H and O–H groups in total. The lowest BCUT2D eigenvalue weighted by atomic mass is 10.1. The van der Waals surface area contributed by atoms with Crippen molar-refractivity contribution in [1.82, 2.24) is 5.32 Å². The van der Waals surface area contributed by atoms with Crippen molar-refractivity contribution in [1.29, 1.82) is 0 Å². The van der Waals surface area contributed by atoms with Gasteiger partial charge < -0.3 is 19.5 Å². The highest BCUT2D eigenvalue weighted by Gasteiger charge is 2.32. The maximum absolute atomic E-state index is 6.00. The van der Waals surface area contributed by atoms with E-state index in [0.29, 0.717) is 32.5 Å². The van der Waals surface area contributed by atoms with Crippen LogP contribution in [0.4, 0.5) is 0 Å². The lowest BCUT2D eigenvalue weighted by molar-refractivity contribution is -0.0149. The zero-order valence-corrected chi connectivity index (χ0v) is 12.4. The highest BCUT2D eigenvalue weighted by Crippen LogP contribution is 2.33. The van der Waals surface area contributed by atoms with Crippen molar-refractivity contribution < 1.29 is 14.2 Å². The van der Waals surface area contributed by atoms with Crippen molar-refractivity contribution in [2.45, 2.75) is 25.5 Å². The van der Waals surface area contributed by atoms with Crippen LogP contribution in [0.1, 0.15) is 24.1 Å². The SMILES string of the molecule is CCNC1c2ccccc2CC1OCCOCCOC. The number of hydrogen-bond acceptors (Lipinski definition) is 4. The second-order valence-electron chi connectivity index (χ2n) is 4.95. The van der Waals surface area contributed by atoms with E-state index in [1.165, 1.54) is 11.1 Å². The number of benzene rings is 1. The molecule has 0 amide bonds. The molecule has 0 aromatic heterocycles. The molecule has 112 valence electrons. The van der Waals surface area contributed by atoms with Crippen LogP contribution in [0, 0.1) is 0 Å². The van der Waals surface area contributed by atoms with Crippen molar-refractivity contribution in [3.8, 4) is 0 Å². The zero-order valence-electron chi connectivity index (χ0n) is 12.4. The first-order valence-corrected chi connectivity index (χ1v) is 7.36. The summed E-state index contributed by atoms with van der Waals surface area (Å²) in [5.41, 5.74) is 2.77. The van der Waals surface area contributed by atoms with Gasteiger partial charge in [0.05, 0.1) is 38.6 Å². The minimum atomic E-state index is 0.207. The summed E-state index contributed by atoms with van der Waals surface area (Å²) in [5.74, 6) is 0. The Hall–Kier alpha value is -0.940. The number of methoxy groups -OCH3 is 1. The van der Waals surface area contributed by atoms with Gasteiger partial charge in [0, 0.05) is 13.5 Å². The summed E-state index contributed by atoms with van der Waals surface area (Å²) >= 11 is 0. The first-order chi connectivity index (χ1) is 9.86. The molecular weight excluding hydrogens is 254 g/mol. The lowest BCUT2D eigenvalue weighted by Crippen LogP contribution is -2.31. The molecular formula is C16H25NO3. The van der Waals surface area contributed by atoms with Gasteiger partial charge >= 0.3 is 0 Å². The van der Waals surface area contributed by atoms with Crippen LogP contribution in [0.2, 0.25) is 0 Å². The summed E-state index contributed by atoms with van der Waals surface area (Å²) in [5, 5.41) is 3.53. The van der Waals surface area contributed by atoms with Crippen molar-refractivity contribution in [3.05, 3.63) is 35.4 Å². The van der Waals surface area contributed by atoms with Crippen molar-refractivity contribution >= 4 is 0 Å². The summed E-state index contributed by atoms with van der Waals surface area (Å²) in [6, 6.07) is 8.88. The molecule has 0 radical (unpaired) electrons. The highest BCUT2D eigenvalue weighted by molar-refractivity contribution is 5.36. The molecule has 0 bridgehead atoms. The predicted octanol–water partition coefficient (Wildman–Crippen LogP) is 1.94. The van der Waals surface area contributed by atoms with E-state index in [0.717, 1.165) is 13.0 Å². The molecule has 0 aliphatic heterocycles. The summed E-state index contributed by atoms with van der Waals surface area (Å²) < 4.78 is 16.4. The molecule has 1 aliphatic rings. The van der Waals surface area contributed by atoms with Crippen molar-refractivity contribution in [2.75, 3.05) is 40.1 Å². The Bertz CT molecular complexity index is 397. The second kappa shape index (κ2) is 8.37. The number of nitrogens with one attached hydrogen (secondary N) is 1. The van der Waals surface area contributed by atoms with Gasteiger partial charge in [0.1, 0.15) is 0 Å². The lowest BCUT2D eigenvalue weighted by Gasteiger charge is -2.21. The average Bonchev–Trinajstić information content (AvgIpc) is 2.81. The van der Waals surface area contributed by atoms with E-state index in [-0.39, 0.29) is 6.10 Å². The molecule has 4 nitrogen and oxygen atoms in total. The van der Waals surface area contributed by atoms with Crippen LogP contribution < -0.4 is 5.32 Å². The van der Waals surface area contributed by atoms with E-state index >= 15 is 0 Å². The molecule has 1 aromatic carbocycles. The Morgan fingerprint density at radius 2 is 1.95 bits per heavy atom. The summed E-state index contributed by atoms with van der Waals surface area (Å²) in [6.45, 7) is 5.59. The van der Waals surface area contributed by atoms with Crippen molar-refractivity contribution in [2.24, 2.45) is 0 Å². The predicted molar refractivity (Wildman–Crippen MR) is 79.0 cm³/mol. The van der Waals surface area contributed by atoms with Crippen LogP contribution in [0.3, 0.4) is 0 Å². The fourth-order valence-electron chi connectivity index (χ4n) is 2.68. The number of rotatable bonds is 9. The van der Waals surface area contributed by atoms with Gasteiger partial charge in [-0.05, 0) is 17.7 Å². The number of likely N-dealkylation sites (N-methyl/N-ethyl adjacent to an activating group) is 1. The van der Waals surface area contributed by atoms with E-state index in [1.54, 1.807) is 7.11 Å². The van der Waals surface area contributed by atoms with Crippen LogP contribution in [0.25, 0.3) is 0 Å². The fraction of sp³-hybridized carbons (Fsp3) is 0.625. The standard InChI is InChI=1S/C16H25NO3/c1-3-17-16-14-7-5-4-6-13(14)12-15(16)20-11-10-19-9-8-18-2/h4-7,15-17H,3,8-12H2,1-2H3. The summed E-state index contributed by atoms with van der Waals surface area (Å²) in [4.78, 5) is 0. The Morgan fingerprint density at radius 1 is 1.15 bits per heavy atom. The smallest absolute Gasteiger partial charge is 0.0811 e. The molecule has 20 heavy (non-hydrogen) atoms. The van der Waals surface area contributed by atoms with Crippen LogP contribution in [-0.4, -0.2) is 46.2 Å². The van der Waals surface area contributed by atoms with Crippen LogP contribution in [-0.2, 0) is 20.6 Å². The van der Waals surface area contributed by atoms with Crippen molar-refractivity contribution in [3.63, 3.8) is 0 Å². The molecule has 0 fully saturated rings. The Morgan fingerprint density at radius 3 is 2.75 bits per heavy atom. The van der Waals surface area contributed by atoms with Gasteiger partial charge in [-0.1, -0.05) is 31.2 Å². The minimum absolute atomic E-state index is 0.207. The normalized spacial score (nSPS) is 21.1. The van der Waals surface area contributed by atoms with Gasteiger partial charge in [-0.15, -0.1) is 0 Å². The average molecular weight is 279 g/mol. The molecule has 2 rings (SSSR count). The topological polar surface area (TPSA) is 39.7 Å². The first kappa shape index (κ1) is 15.4. The maximum Gasteiger partial charge on any atom is 0.0811 e. The number of ether oxygens (including phenoxy) is 3. The Balaban J connectivity index is 1.80. The van der Waals surface area contributed by atoms with Gasteiger partial charge in [0.25, 0.3) is 0 Å². The minimum Gasteiger partial charge on any atom is -0.382 e. The zero-order chi connectivity index (χ0) is 14.2. The molecule has 2 unspecified atom stereocenters. The number of hydrogen-bond donors (Lipinski definition) is 1. The van der Waals surface area contributed by atoms with Gasteiger partial charge in [-0.2, -0.15) is 0 Å². The van der Waals surface area contributed by atoms with E-state index in [9.17, 15) is 0 Å². The van der Waals surface area contributed by atoms with Gasteiger partial charge in [0.2, 0.25) is 0 Å². The third-order valence-corrected chi connectivity index (χ3v) is 3.60. The monoisotopic (exact) mass is 279 g/mol. The molecule has 4 heteroatoms. The van der Waals surface area contributed by atoms with Gasteiger partial charge in [-0.3, -0.25) is 0 Å². The second-order valence-corrected chi connectivity index (χ2v) is 4.95. The Kier molecular flexibility index (Phi) is 6.47. The van der Waals surface area contributed by atoms with Gasteiger partial charge in [0.15, 0.2) is 0 Å². The van der Waals surface area contributed by atoms with Crippen LogP contribution in [0.5, 0.6) is 0 Å². The van der Waals surface area contributed by atoms with Crippen LogP contribution >= 0.6 is 0 Å². The maximum atomic E-state index is 6.00. The third kappa shape index (κ3) is 4.03. The quantitative estimate of drug-likeness (QED) is 0.701.